The van der Waals surface area contributed by atoms with Crippen LogP contribution < -0.4 is 0 Å². The third-order valence-corrected chi connectivity index (χ3v) is 6.45. The summed E-state index contributed by atoms with van der Waals surface area (Å²) in [6.45, 7) is 9.29. The molecule has 2 unspecified atom stereocenters. The standard InChI is InChI=1S/C18H22S/c1-12-5-7-13(8-6-12)11-14-15-9-10-18(4,16(14)19)17(15,2)3/h5-8,11,15H,9-10H2,1-4H3/b14-11+. The Morgan fingerprint density at radius 2 is 1.79 bits per heavy atom. The van der Waals surface area contributed by atoms with Gasteiger partial charge in [-0.25, -0.2) is 0 Å². The van der Waals surface area contributed by atoms with Gasteiger partial charge in [0.25, 0.3) is 0 Å². The predicted molar refractivity (Wildman–Crippen MR) is 86.4 cm³/mol. The molecule has 0 amide bonds. The Balaban J connectivity index is 2.04. The summed E-state index contributed by atoms with van der Waals surface area (Å²) in [5, 5.41) is 0. The number of allylic oxidation sites excluding steroid dienone is 1. The molecule has 1 heteroatoms. The van der Waals surface area contributed by atoms with Gasteiger partial charge in [-0.15, -0.1) is 0 Å². The number of rotatable bonds is 1. The average Bonchev–Trinajstić information content (AvgIpc) is 2.66. The number of thiocarbonyl (C=S) groups is 1. The lowest BCUT2D eigenvalue weighted by atomic mass is 9.71. The largest absolute Gasteiger partial charge is 0.0840 e. The van der Waals surface area contributed by atoms with Gasteiger partial charge in [0.1, 0.15) is 0 Å². The summed E-state index contributed by atoms with van der Waals surface area (Å²) in [5.41, 5.74) is 4.57. The SMILES string of the molecule is Cc1ccc(/C=C2/C(=S)C3(C)CCC2C3(C)C)cc1. The normalized spacial score (nSPS) is 34.2. The Bertz CT molecular complexity index is 562. The van der Waals surface area contributed by atoms with Crippen molar-refractivity contribution in [2.24, 2.45) is 16.7 Å². The molecule has 0 spiro atoms. The number of fused-ring (bicyclic) bond motifs is 2. The molecule has 0 saturated heterocycles. The second-order valence-electron chi connectivity index (χ2n) is 6.98. The van der Waals surface area contributed by atoms with Crippen molar-refractivity contribution in [3.05, 3.63) is 41.0 Å². The minimum atomic E-state index is 0.226. The molecule has 0 heterocycles. The van der Waals surface area contributed by atoms with E-state index in [1.165, 1.54) is 34.4 Å². The molecule has 100 valence electrons. The van der Waals surface area contributed by atoms with Crippen molar-refractivity contribution in [2.75, 3.05) is 0 Å². The van der Waals surface area contributed by atoms with Crippen LogP contribution in [0, 0.1) is 23.7 Å². The van der Waals surface area contributed by atoms with Gasteiger partial charge < -0.3 is 0 Å². The second kappa shape index (κ2) is 4.02. The zero-order valence-electron chi connectivity index (χ0n) is 12.3. The van der Waals surface area contributed by atoms with E-state index in [-0.39, 0.29) is 5.41 Å². The molecule has 2 saturated carbocycles. The molecule has 2 atom stereocenters. The Labute approximate surface area is 121 Å². The first kappa shape index (κ1) is 13.1. The lowest BCUT2D eigenvalue weighted by Gasteiger charge is -2.33. The third-order valence-electron chi connectivity index (χ3n) is 5.76. The molecule has 0 nitrogen and oxygen atoms in total. The molecule has 0 aliphatic heterocycles. The summed E-state index contributed by atoms with van der Waals surface area (Å²) in [4.78, 5) is 1.22. The lowest BCUT2D eigenvalue weighted by Crippen LogP contribution is -2.31. The van der Waals surface area contributed by atoms with Crippen molar-refractivity contribution in [3.63, 3.8) is 0 Å². The molecule has 1 aromatic rings. The van der Waals surface area contributed by atoms with Crippen molar-refractivity contribution in [2.45, 2.75) is 40.5 Å². The Morgan fingerprint density at radius 1 is 1.16 bits per heavy atom. The third kappa shape index (κ3) is 1.67. The number of hydrogen-bond donors (Lipinski definition) is 0. The van der Waals surface area contributed by atoms with Crippen LogP contribution in [0.4, 0.5) is 0 Å². The van der Waals surface area contributed by atoms with Gasteiger partial charge in [-0.3, -0.25) is 0 Å². The van der Waals surface area contributed by atoms with Crippen LogP contribution in [0.5, 0.6) is 0 Å². The van der Waals surface area contributed by atoms with Gasteiger partial charge in [0.05, 0.1) is 0 Å². The molecule has 19 heavy (non-hydrogen) atoms. The summed E-state index contributed by atoms with van der Waals surface area (Å²) in [6, 6.07) is 8.75. The molecule has 3 rings (SSSR count). The smallest absolute Gasteiger partial charge is 0.0252 e. The quantitative estimate of drug-likeness (QED) is 0.499. The van der Waals surface area contributed by atoms with E-state index in [1.807, 2.05) is 0 Å². The fourth-order valence-corrected chi connectivity index (χ4v) is 4.50. The highest BCUT2D eigenvalue weighted by Crippen LogP contribution is 2.66. The first-order chi connectivity index (χ1) is 8.86. The van der Waals surface area contributed by atoms with E-state index in [4.69, 9.17) is 12.2 Å². The first-order valence-electron chi connectivity index (χ1n) is 7.19. The molecular weight excluding hydrogens is 248 g/mol. The maximum absolute atomic E-state index is 5.81. The maximum atomic E-state index is 5.81. The molecule has 0 N–H and O–H groups in total. The van der Waals surface area contributed by atoms with E-state index < -0.39 is 0 Å². The minimum absolute atomic E-state index is 0.226. The maximum Gasteiger partial charge on any atom is 0.0252 e. The summed E-state index contributed by atoms with van der Waals surface area (Å²) >= 11 is 5.81. The molecule has 2 fully saturated rings. The van der Waals surface area contributed by atoms with Crippen LogP contribution in [-0.2, 0) is 0 Å². The Morgan fingerprint density at radius 3 is 2.32 bits per heavy atom. The highest BCUT2D eigenvalue weighted by molar-refractivity contribution is 7.81. The topological polar surface area (TPSA) is 0 Å². The van der Waals surface area contributed by atoms with Crippen molar-refractivity contribution in [1.82, 2.24) is 0 Å². The van der Waals surface area contributed by atoms with Crippen LogP contribution >= 0.6 is 12.2 Å². The van der Waals surface area contributed by atoms with Gasteiger partial charge in [-0.2, -0.15) is 0 Å². The molecular formula is C18H22S. The van der Waals surface area contributed by atoms with Crippen LogP contribution in [0.15, 0.2) is 29.8 Å². The molecule has 2 bridgehead atoms. The van der Waals surface area contributed by atoms with E-state index >= 15 is 0 Å². The van der Waals surface area contributed by atoms with E-state index in [0.717, 1.165) is 0 Å². The van der Waals surface area contributed by atoms with Crippen molar-refractivity contribution in [3.8, 4) is 0 Å². The summed E-state index contributed by atoms with van der Waals surface area (Å²) in [5.74, 6) is 0.645. The van der Waals surface area contributed by atoms with E-state index in [0.29, 0.717) is 11.3 Å². The van der Waals surface area contributed by atoms with Gasteiger partial charge in [0.15, 0.2) is 0 Å². The predicted octanol–water partition coefficient (Wildman–Crippen LogP) is 5.20. The minimum Gasteiger partial charge on any atom is -0.0840 e. The van der Waals surface area contributed by atoms with Gasteiger partial charge in [0, 0.05) is 10.3 Å². The fourth-order valence-electron chi connectivity index (χ4n) is 3.94. The van der Waals surface area contributed by atoms with Crippen molar-refractivity contribution < 1.29 is 0 Å². The zero-order valence-corrected chi connectivity index (χ0v) is 13.1. The zero-order chi connectivity index (χ0) is 13.8. The molecule has 0 radical (unpaired) electrons. The van der Waals surface area contributed by atoms with E-state index in [1.54, 1.807) is 0 Å². The molecule has 0 aromatic heterocycles. The van der Waals surface area contributed by atoms with Crippen LogP contribution in [-0.4, -0.2) is 4.86 Å². The van der Waals surface area contributed by atoms with Crippen molar-refractivity contribution in [1.29, 1.82) is 0 Å². The van der Waals surface area contributed by atoms with Crippen LogP contribution in [0.1, 0.15) is 44.7 Å². The first-order valence-corrected chi connectivity index (χ1v) is 7.60. The van der Waals surface area contributed by atoms with Crippen LogP contribution in [0.3, 0.4) is 0 Å². The van der Waals surface area contributed by atoms with Crippen molar-refractivity contribution >= 4 is 23.2 Å². The summed E-state index contributed by atoms with van der Waals surface area (Å²) in [7, 11) is 0. The van der Waals surface area contributed by atoms with E-state index in [9.17, 15) is 0 Å². The highest BCUT2D eigenvalue weighted by Gasteiger charge is 2.61. The highest BCUT2D eigenvalue weighted by atomic mass is 32.1. The molecule has 2 aliphatic carbocycles. The molecule has 1 aromatic carbocycles. The Hall–Kier alpha value is -0.950. The number of aryl methyl sites for hydroxylation is 1. The Kier molecular flexibility index (Phi) is 2.76. The van der Waals surface area contributed by atoms with Gasteiger partial charge in [-0.1, -0.05) is 68.9 Å². The fraction of sp³-hybridized carbons (Fsp3) is 0.500. The second-order valence-corrected chi connectivity index (χ2v) is 7.39. The lowest BCUT2D eigenvalue weighted by molar-refractivity contribution is 0.204. The number of benzene rings is 1. The van der Waals surface area contributed by atoms with Gasteiger partial charge in [-0.05, 0) is 42.2 Å². The van der Waals surface area contributed by atoms with Gasteiger partial charge >= 0.3 is 0 Å². The van der Waals surface area contributed by atoms with Gasteiger partial charge in [0.2, 0.25) is 0 Å². The molecule has 2 aliphatic rings. The van der Waals surface area contributed by atoms with Crippen LogP contribution in [0.2, 0.25) is 0 Å². The monoisotopic (exact) mass is 270 g/mol. The number of hydrogen-bond acceptors (Lipinski definition) is 1. The summed E-state index contributed by atoms with van der Waals surface area (Å²) in [6.07, 6.45) is 4.88. The average molecular weight is 270 g/mol. The summed E-state index contributed by atoms with van der Waals surface area (Å²) < 4.78 is 0. The van der Waals surface area contributed by atoms with Crippen LogP contribution in [0.25, 0.3) is 6.08 Å². The van der Waals surface area contributed by atoms with E-state index in [2.05, 4.69) is 58.0 Å².